The number of para-hydroxylation sites is 2. The third-order valence-electron chi connectivity index (χ3n) is 6.42. The van der Waals surface area contributed by atoms with E-state index in [1.165, 1.54) is 5.56 Å². The van der Waals surface area contributed by atoms with Gasteiger partial charge in [0.15, 0.2) is 0 Å². The second-order valence-corrected chi connectivity index (χ2v) is 8.26. The first kappa shape index (κ1) is 18.6. The van der Waals surface area contributed by atoms with Gasteiger partial charge in [0.1, 0.15) is 0 Å². The number of H-pyrrole nitrogens is 1. The van der Waals surface area contributed by atoms with Crippen LogP contribution in [0.1, 0.15) is 33.2 Å². The van der Waals surface area contributed by atoms with Gasteiger partial charge < -0.3 is 4.98 Å². The van der Waals surface area contributed by atoms with Gasteiger partial charge in [0.2, 0.25) is 0 Å². The zero-order chi connectivity index (χ0) is 21.7. The first-order valence-electron chi connectivity index (χ1n) is 10.9. The minimum absolute atomic E-state index is 0.00207. The van der Waals surface area contributed by atoms with Crippen molar-refractivity contribution in [2.45, 2.75) is 13.0 Å². The average molecular weight is 415 g/mol. The molecular formula is C29H22N2O. The van der Waals surface area contributed by atoms with Crippen LogP contribution in [-0.2, 0) is 0 Å². The van der Waals surface area contributed by atoms with E-state index in [0.29, 0.717) is 5.56 Å². The molecule has 0 aliphatic carbocycles. The van der Waals surface area contributed by atoms with E-state index in [1.807, 2.05) is 53.4 Å². The van der Waals surface area contributed by atoms with Gasteiger partial charge in [-0.05, 0) is 42.3 Å². The number of rotatable bonds is 2. The van der Waals surface area contributed by atoms with E-state index in [1.54, 1.807) is 0 Å². The number of nitrogens with one attached hydrogen (secondary N) is 1. The van der Waals surface area contributed by atoms with Crippen molar-refractivity contribution in [1.82, 2.24) is 4.98 Å². The van der Waals surface area contributed by atoms with Crippen LogP contribution in [0.4, 0.5) is 5.69 Å². The molecule has 6 rings (SSSR count). The first-order chi connectivity index (χ1) is 15.7. The molecule has 1 aliphatic heterocycles. The van der Waals surface area contributed by atoms with E-state index in [2.05, 4.69) is 66.5 Å². The largest absolute Gasteiger partial charge is 0.358 e. The van der Waals surface area contributed by atoms with Crippen LogP contribution in [-0.4, -0.2) is 10.9 Å². The second kappa shape index (κ2) is 7.24. The Hall–Kier alpha value is -4.11. The number of fused-ring (bicyclic) bond motifs is 4. The Balaban J connectivity index is 1.68. The van der Waals surface area contributed by atoms with Crippen LogP contribution < -0.4 is 4.90 Å². The molecule has 0 saturated heterocycles. The number of hydrogen-bond donors (Lipinski definition) is 1. The maximum absolute atomic E-state index is 14.0. The van der Waals surface area contributed by atoms with Gasteiger partial charge in [-0.25, -0.2) is 0 Å². The average Bonchev–Trinajstić information content (AvgIpc) is 3.18. The Morgan fingerprint density at radius 2 is 1.41 bits per heavy atom. The van der Waals surface area contributed by atoms with Gasteiger partial charge in [-0.1, -0.05) is 78.9 Å². The fraction of sp³-hybridized carbons (Fsp3) is 0.0690. The van der Waals surface area contributed by atoms with Gasteiger partial charge in [-0.15, -0.1) is 0 Å². The minimum atomic E-state index is -0.232. The molecular weight excluding hydrogens is 392 g/mol. The van der Waals surface area contributed by atoms with Crippen molar-refractivity contribution >= 4 is 22.5 Å². The molecule has 1 amide bonds. The molecule has 0 fully saturated rings. The topological polar surface area (TPSA) is 36.1 Å². The summed E-state index contributed by atoms with van der Waals surface area (Å²) in [6, 6.07) is 34.3. The third kappa shape index (κ3) is 2.71. The highest BCUT2D eigenvalue weighted by molar-refractivity contribution is 6.11. The Kier molecular flexibility index (Phi) is 4.22. The number of anilines is 1. The van der Waals surface area contributed by atoms with Crippen molar-refractivity contribution < 1.29 is 4.79 Å². The van der Waals surface area contributed by atoms with E-state index in [0.717, 1.165) is 39.0 Å². The summed E-state index contributed by atoms with van der Waals surface area (Å²) < 4.78 is 0. The second-order valence-electron chi connectivity index (χ2n) is 8.26. The number of carbonyl (C=O) groups is 1. The van der Waals surface area contributed by atoms with Crippen LogP contribution >= 0.6 is 0 Å². The molecule has 5 aromatic rings. The highest BCUT2D eigenvalue weighted by atomic mass is 16.2. The van der Waals surface area contributed by atoms with Crippen LogP contribution in [0.25, 0.3) is 22.0 Å². The molecule has 3 heteroatoms. The van der Waals surface area contributed by atoms with Crippen LogP contribution in [0.15, 0.2) is 103 Å². The molecule has 0 saturated carbocycles. The molecule has 1 atom stereocenters. The molecule has 2 heterocycles. The summed E-state index contributed by atoms with van der Waals surface area (Å²) in [7, 11) is 0. The molecule has 4 aromatic carbocycles. The van der Waals surface area contributed by atoms with Gasteiger partial charge in [0.25, 0.3) is 5.91 Å². The fourth-order valence-electron chi connectivity index (χ4n) is 5.05. The molecule has 1 aromatic heterocycles. The highest BCUT2D eigenvalue weighted by Gasteiger charge is 2.38. The Morgan fingerprint density at radius 3 is 2.25 bits per heavy atom. The normalized spacial score (nSPS) is 14.8. The molecule has 1 unspecified atom stereocenters. The van der Waals surface area contributed by atoms with E-state index in [9.17, 15) is 4.79 Å². The Labute approximate surface area is 187 Å². The lowest BCUT2D eigenvalue weighted by molar-refractivity contribution is 0.0980. The fourth-order valence-corrected chi connectivity index (χ4v) is 5.05. The molecule has 1 N–H and O–H groups in total. The predicted molar refractivity (Wildman–Crippen MR) is 130 cm³/mol. The zero-order valence-corrected chi connectivity index (χ0v) is 17.7. The lowest BCUT2D eigenvalue weighted by Gasteiger charge is -2.39. The summed E-state index contributed by atoms with van der Waals surface area (Å²) >= 11 is 0. The van der Waals surface area contributed by atoms with Crippen molar-refractivity contribution in [3.63, 3.8) is 0 Å². The van der Waals surface area contributed by atoms with Crippen molar-refractivity contribution in [2.75, 3.05) is 4.90 Å². The van der Waals surface area contributed by atoms with E-state index < -0.39 is 0 Å². The van der Waals surface area contributed by atoms with Crippen LogP contribution in [0.2, 0.25) is 0 Å². The highest BCUT2D eigenvalue weighted by Crippen LogP contribution is 2.49. The van der Waals surface area contributed by atoms with Gasteiger partial charge in [0.05, 0.1) is 11.7 Å². The lowest BCUT2D eigenvalue weighted by Crippen LogP contribution is -2.38. The standard InChI is InChI=1S/C29H22N2O/c1-19-27(24-16-7-9-17-25(24)30-19)28-23-15-6-5-13-21(23)22-14-8-10-18-26(22)31(28)29(32)20-11-3-2-4-12-20/h2-18,28,30H,1H3. The maximum atomic E-state index is 14.0. The third-order valence-corrected chi connectivity index (χ3v) is 6.42. The summed E-state index contributed by atoms with van der Waals surface area (Å²) in [5, 5.41) is 1.15. The predicted octanol–water partition coefficient (Wildman–Crippen LogP) is 6.89. The molecule has 0 spiro atoms. The zero-order valence-electron chi connectivity index (χ0n) is 17.7. The number of aromatic nitrogens is 1. The van der Waals surface area contributed by atoms with Gasteiger partial charge >= 0.3 is 0 Å². The van der Waals surface area contributed by atoms with Crippen LogP contribution in [0.5, 0.6) is 0 Å². The monoisotopic (exact) mass is 414 g/mol. The summed E-state index contributed by atoms with van der Waals surface area (Å²) in [5.41, 5.74) is 8.34. The van der Waals surface area contributed by atoms with Gasteiger partial charge in [-0.2, -0.15) is 0 Å². The number of aromatic amines is 1. The maximum Gasteiger partial charge on any atom is 0.259 e. The van der Waals surface area contributed by atoms with E-state index in [4.69, 9.17) is 0 Å². The molecule has 0 bridgehead atoms. The number of hydrogen-bond acceptors (Lipinski definition) is 1. The first-order valence-corrected chi connectivity index (χ1v) is 10.9. The van der Waals surface area contributed by atoms with Gasteiger partial charge in [0, 0.05) is 33.3 Å². The number of nitrogens with zero attached hydrogens (tertiary/aromatic N) is 1. The molecule has 0 radical (unpaired) electrons. The molecule has 154 valence electrons. The van der Waals surface area contributed by atoms with Crippen molar-refractivity contribution in [3.05, 3.63) is 126 Å². The number of amides is 1. The number of benzene rings is 4. The quantitative estimate of drug-likeness (QED) is 0.335. The minimum Gasteiger partial charge on any atom is -0.358 e. The summed E-state index contributed by atoms with van der Waals surface area (Å²) in [6.45, 7) is 2.10. The number of aryl methyl sites for hydroxylation is 1. The SMILES string of the molecule is Cc1[nH]c2ccccc2c1C1c2ccccc2-c2ccccc2N1C(=O)c1ccccc1. The van der Waals surface area contributed by atoms with Crippen molar-refractivity contribution in [3.8, 4) is 11.1 Å². The van der Waals surface area contributed by atoms with Gasteiger partial charge in [-0.3, -0.25) is 9.69 Å². The summed E-state index contributed by atoms with van der Waals surface area (Å²) in [4.78, 5) is 19.6. The van der Waals surface area contributed by atoms with Crippen molar-refractivity contribution in [2.24, 2.45) is 0 Å². The summed E-state index contributed by atoms with van der Waals surface area (Å²) in [5.74, 6) is 0.00207. The molecule has 3 nitrogen and oxygen atoms in total. The van der Waals surface area contributed by atoms with E-state index in [-0.39, 0.29) is 11.9 Å². The molecule has 32 heavy (non-hydrogen) atoms. The lowest BCUT2D eigenvalue weighted by atomic mass is 9.83. The smallest absolute Gasteiger partial charge is 0.259 e. The van der Waals surface area contributed by atoms with Crippen LogP contribution in [0, 0.1) is 6.92 Å². The summed E-state index contributed by atoms with van der Waals surface area (Å²) in [6.07, 6.45) is 0. The van der Waals surface area contributed by atoms with E-state index >= 15 is 0 Å². The van der Waals surface area contributed by atoms with Crippen LogP contribution in [0.3, 0.4) is 0 Å². The number of carbonyl (C=O) groups excluding carboxylic acids is 1. The Bertz CT molecular complexity index is 1470. The van der Waals surface area contributed by atoms with Crippen molar-refractivity contribution in [1.29, 1.82) is 0 Å². The molecule has 1 aliphatic rings. The Morgan fingerprint density at radius 1 is 0.750 bits per heavy atom.